The number of para-hydroxylation sites is 1. The molecule has 110 valence electrons. The first-order chi connectivity index (χ1) is 9.97. The number of hydrogen-bond acceptors (Lipinski definition) is 4. The number of carboxylic acids is 1. The molecule has 0 radical (unpaired) electrons. The standard InChI is InChI=1S/C14H14N2O5/c1-2-16-9-6-4-3-5-8(9)12(19)11(14(16)21)13(20)15-7-10(17)18/h3-6,19H,2,7H2,1H3,(H,15,20)(H,17,18). The molecule has 0 saturated heterocycles. The van der Waals surface area contributed by atoms with Crippen molar-refractivity contribution in [3.05, 3.63) is 40.2 Å². The number of nitrogens with zero attached hydrogens (tertiary/aromatic N) is 1. The number of nitrogens with one attached hydrogen (secondary N) is 1. The van der Waals surface area contributed by atoms with Crippen LogP contribution in [0.25, 0.3) is 10.9 Å². The zero-order valence-corrected chi connectivity index (χ0v) is 11.3. The summed E-state index contributed by atoms with van der Waals surface area (Å²) in [6.07, 6.45) is 0. The first-order valence-electron chi connectivity index (χ1n) is 6.31. The monoisotopic (exact) mass is 290 g/mol. The first-order valence-corrected chi connectivity index (χ1v) is 6.31. The van der Waals surface area contributed by atoms with E-state index in [0.29, 0.717) is 17.4 Å². The van der Waals surface area contributed by atoms with Gasteiger partial charge in [-0.25, -0.2) is 0 Å². The number of carboxylic acid groups (broad SMARTS) is 1. The van der Waals surface area contributed by atoms with Gasteiger partial charge in [-0.2, -0.15) is 0 Å². The lowest BCUT2D eigenvalue weighted by atomic mass is 10.1. The normalized spacial score (nSPS) is 10.5. The molecule has 0 spiro atoms. The molecule has 21 heavy (non-hydrogen) atoms. The second kappa shape index (κ2) is 5.66. The molecule has 1 amide bonds. The Hall–Kier alpha value is -2.83. The van der Waals surface area contributed by atoms with Gasteiger partial charge in [0.25, 0.3) is 11.5 Å². The Kier molecular flexibility index (Phi) is 3.93. The zero-order chi connectivity index (χ0) is 15.6. The van der Waals surface area contributed by atoms with Crippen molar-refractivity contribution in [2.45, 2.75) is 13.5 Å². The third kappa shape index (κ3) is 2.58. The fourth-order valence-corrected chi connectivity index (χ4v) is 2.15. The number of pyridine rings is 1. The molecular formula is C14H14N2O5. The summed E-state index contributed by atoms with van der Waals surface area (Å²) in [6.45, 7) is 1.43. The molecule has 0 aliphatic rings. The van der Waals surface area contributed by atoms with Gasteiger partial charge in [-0.3, -0.25) is 14.4 Å². The molecule has 0 fully saturated rings. The van der Waals surface area contributed by atoms with Crippen molar-refractivity contribution in [3.8, 4) is 5.75 Å². The van der Waals surface area contributed by atoms with E-state index in [0.717, 1.165) is 0 Å². The molecule has 0 aliphatic heterocycles. The maximum atomic E-state index is 12.3. The molecule has 3 N–H and O–H groups in total. The smallest absolute Gasteiger partial charge is 0.322 e. The minimum atomic E-state index is -1.24. The molecule has 7 nitrogen and oxygen atoms in total. The van der Waals surface area contributed by atoms with Gasteiger partial charge >= 0.3 is 5.97 Å². The predicted octanol–water partition coefficient (Wildman–Crippen LogP) is 0.541. The summed E-state index contributed by atoms with van der Waals surface area (Å²) < 4.78 is 1.35. The number of rotatable bonds is 4. The van der Waals surface area contributed by atoms with Crippen molar-refractivity contribution < 1.29 is 19.8 Å². The van der Waals surface area contributed by atoms with Crippen LogP contribution >= 0.6 is 0 Å². The van der Waals surface area contributed by atoms with Gasteiger partial charge in [0.2, 0.25) is 0 Å². The maximum absolute atomic E-state index is 12.3. The van der Waals surface area contributed by atoms with Gasteiger partial charge in [-0.05, 0) is 19.1 Å². The minimum absolute atomic E-state index is 0.318. The molecule has 2 aromatic rings. The fourth-order valence-electron chi connectivity index (χ4n) is 2.15. The Balaban J connectivity index is 2.66. The number of benzene rings is 1. The zero-order valence-electron chi connectivity index (χ0n) is 11.3. The van der Waals surface area contributed by atoms with Crippen molar-refractivity contribution in [1.82, 2.24) is 9.88 Å². The van der Waals surface area contributed by atoms with E-state index in [1.54, 1.807) is 31.2 Å². The lowest BCUT2D eigenvalue weighted by molar-refractivity contribution is -0.135. The summed E-state index contributed by atoms with van der Waals surface area (Å²) in [7, 11) is 0. The third-order valence-electron chi connectivity index (χ3n) is 3.09. The number of carbonyl (C=O) groups is 2. The Bertz CT molecular complexity index is 779. The summed E-state index contributed by atoms with van der Waals surface area (Å²) in [5, 5.41) is 21.2. The topological polar surface area (TPSA) is 109 Å². The van der Waals surface area contributed by atoms with Gasteiger partial charge in [0.1, 0.15) is 17.9 Å². The lowest BCUT2D eigenvalue weighted by Crippen LogP contribution is -2.35. The summed E-state index contributed by atoms with van der Waals surface area (Å²) in [5.41, 5.74) is -0.592. The average Bonchev–Trinajstić information content (AvgIpc) is 2.46. The first kappa shape index (κ1) is 14.6. The molecule has 0 unspecified atom stereocenters. The number of carbonyl (C=O) groups excluding carboxylic acids is 1. The maximum Gasteiger partial charge on any atom is 0.322 e. The second-order valence-electron chi connectivity index (χ2n) is 4.37. The molecule has 0 aliphatic carbocycles. The molecule has 7 heteroatoms. The van der Waals surface area contributed by atoms with E-state index in [2.05, 4.69) is 5.32 Å². The van der Waals surface area contributed by atoms with E-state index in [-0.39, 0.29) is 0 Å². The number of fused-ring (bicyclic) bond motifs is 1. The van der Waals surface area contributed by atoms with Crippen molar-refractivity contribution in [1.29, 1.82) is 0 Å². The van der Waals surface area contributed by atoms with E-state index in [1.807, 2.05) is 0 Å². The molecule has 0 atom stereocenters. The molecule has 1 aromatic heterocycles. The number of aryl methyl sites for hydroxylation is 1. The van der Waals surface area contributed by atoms with Crippen LogP contribution in [0.15, 0.2) is 29.1 Å². The van der Waals surface area contributed by atoms with Crippen LogP contribution < -0.4 is 10.9 Å². The van der Waals surface area contributed by atoms with Crippen molar-refractivity contribution in [2.75, 3.05) is 6.54 Å². The summed E-state index contributed by atoms with van der Waals surface area (Å²) in [6, 6.07) is 6.64. The highest BCUT2D eigenvalue weighted by Gasteiger charge is 2.21. The Morgan fingerprint density at radius 1 is 1.29 bits per heavy atom. The Morgan fingerprint density at radius 3 is 2.57 bits per heavy atom. The van der Waals surface area contributed by atoms with E-state index in [1.165, 1.54) is 4.57 Å². The number of amides is 1. The van der Waals surface area contributed by atoms with Crippen LogP contribution in [0.5, 0.6) is 5.75 Å². The largest absolute Gasteiger partial charge is 0.506 e. The minimum Gasteiger partial charge on any atom is -0.506 e. The van der Waals surface area contributed by atoms with Crippen LogP contribution in [-0.2, 0) is 11.3 Å². The fraction of sp³-hybridized carbons (Fsp3) is 0.214. The van der Waals surface area contributed by atoms with E-state index in [4.69, 9.17) is 5.11 Å². The highest BCUT2D eigenvalue weighted by atomic mass is 16.4. The molecule has 1 aromatic carbocycles. The molecule has 2 rings (SSSR count). The van der Waals surface area contributed by atoms with Gasteiger partial charge in [-0.15, -0.1) is 0 Å². The highest BCUT2D eigenvalue weighted by molar-refractivity contribution is 6.03. The number of aromatic nitrogens is 1. The summed E-state index contributed by atoms with van der Waals surface area (Å²) >= 11 is 0. The van der Waals surface area contributed by atoms with Crippen LogP contribution in [-0.4, -0.2) is 33.2 Å². The van der Waals surface area contributed by atoms with Gasteiger partial charge < -0.3 is 20.1 Å². The second-order valence-corrected chi connectivity index (χ2v) is 4.37. The molecule has 0 saturated carbocycles. The number of aliphatic carboxylic acids is 1. The van der Waals surface area contributed by atoms with Gasteiger partial charge in [0.05, 0.1) is 5.52 Å². The Morgan fingerprint density at radius 2 is 1.95 bits per heavy atom. The Labute approximate surface area is 119 Å². The predicted molar refractivity (Wildman–Crippen MR) is 75.5 cm³/mol. The van der Waals surface area contributed by atoms with E-state index < -0.39 is 35.3 Å². The summed E-state index contributed by atoms with van der Waals surface area (Å²) in [4.78, 5) is 34.8. The van der Waals surface area contributed by atoms with Crippen LogP contribution in [0.3, 0.4) is 0 Å². The number of aromatic hydroxyl groups is 1. The van der Waals surface area contributed by atoms with Crippen LogP contribution in [0.4, 0.5) is 0 Å². The SMILES string of the molecule is CCn1c(=O)c(C(=O)NCC(=O)O)c(O)c2ccccc21. The molecule has 1 heterocycles. The lowest BCUT2D eigenvalue weighted by Gasteiger charge is -2.13. The summed E-state index contributed by atoms with van der Waals surface area (Å²) in [5.74, 6) is -2.59. The van der Waals surface area contributed by atoms with Gasteiger partial charge in [0, 0.05) is 11.9 Å². The van der Waals surface area contributed by atoms with Crippen LogP contribution in [0.2, 0.25) is 0 Å². The highest BCUT2D eigenvalue weighted by Crippen LogP contribution is 2.25. The molecular weight excluding hydrogens is 276 g/mol. The number of hydrogen-bond donors (Lipinski definition) is 3. The van der Waals surface area contributed by atoms with Gasteiger partial charge in [0.15, 0.2) is 0 Å². The van der Waals surface area contributed by atoms with E-state index >= 15 is 0 Å². The third-order valence-corrected chi connectivity index (χ3v) is 3.09. The van der Waals surface area contributed by atoms with Crippen molar-refractivity contribution in [3.63, 3.8) is 0 Å². The average molecular weight is 290 g/mol. The van der Waals surface area contributed by atoms with Gasteiger partial charge in [-0.1, -0.05) is 12.1 Å². The van der Waals surface area contributed by atoms with Crippen LogP contribution in [0.1, 0.15) is 17.3 Å². The molecule has 0 bridgehead atoms. The van der Waals surface area contributed by atoms with Crippen LogP contribution in [0, 0.1) is 0 Å². The quantitative estimate of drug-likeness (QED) is 0.761. The van der Waals surface area contributed by atoms with Crippen molar-refractivity contribution >= 4 is 22.8 Å². The van der Waals surface area contributed by atoms with E-state index in [9.17, 15) is 19.5 Å². The van der Waals surface area contributed by atoms with Crippen molar-refractivity contribution in [2.24, 2.45) is 0 Å².